The zero-order chi connectivity index (χ0) is 11.3. The summed E-state index contributed by atoms with van der Waals surface area (Å²) in [6.45, 7) is 2.16. The molecule has 0 bridgehead atoms. The fourth-order valence-corrected chi connectivity index (χ4v) is 2.41. The third-order valence-electron chi connectivity index (χ3n) is 2.35. The van der Waals surface area contributed by atoms with E-state index in [4.69, 9.17) is 11.6 Å². The van der Waals surface area contributed by atoms with Crippen LogP contribution in [0, 0.1) is 0 Å². The molecule has 1 nitrogen and oxygen atoms in total. The summed E-state index contributed by atoms with van der Waals surface area (Å²) in [7, 11) is 0. The Kier molecular flexibility index (Phi) is 5.65. The molecule has 0 spiro atoms. The van der Waals surface area contributed by atoms with Gasteiger partial charge in [-0.15, -0.1) is 0 Å². The molecule has 0 aliphatic rings. The van der Waals surface area contributed by atoms with E-state index in [9.17, 15) is 5.11 Å². The lowest BCUT2D eigenvalue weighted by atomic mass is 10.0. The summed E-state index contributed by atoms with van der Waals surface area (Å²) >= 11 is 9.28. The van der Waals surface area contributed by atoms with Crippen molar-refractivity contribution in [3.8, 4) is 0 Å². The fraction of sp³-hybridized carbons (Fsp3) is 0.500. The largest absolute Gasteiger partial charge is 0.388 e. The second-order valence-electron chi connectivity index (χ2n) is 3.71. The molecule has 0 saturated heterocycles. The number of rotatable bonds is 5. The summed E-state index contributed by atoms with van der Waals surface area (Å²) in [5.41, 5.74) is 0.894. The normalized spacial score (nSPS) is 12.8. The van der Waals surface area contributed by atoms with Crippen LogP contribution in [0.25, 0.3) is 0 Å². The van der Waals surface area contributed by atoms with E-state index in [1.165, 1.54) is 12.8 Å². The molecule has 1 aromatic rings. The number of aliphatic hydroxyl groups is 1. The van der Waals surface area contributed by atoms with Gasteiger partial charge in [0.05, 0.1) is 6.10 Å². The molecule has 1 atom stereocenters. The van der Waals surface area contributed by atoms with Crippen LogP contribution in [0.2, 0.25) is 5.02 Å². The molecule has 1 aromatic carbocycles. The minimum Gasteiger partial charge on any atom is -0.388 e. The predicted octanol–water partition coefficient (Wildman–Crippen LogP) is 4.72. The number of aliphatic hydroxyl groups excluding tert-OH is 1. The maximum Gasteiger partial charge on any atom is 0.0791 e. The topological polar surface area (TPSA) is 20.2 Å². The smallest absolute Gasteiger partial charge is 0.0791 e. The van der Waals surface area contributed by atoms with Crippen molar-refractivity contribution in [1.29, 1.82) is 0 Å². The van der Waals surface area contributed by atoms with Gasteiger partial charge in [-0.05, 0) is 30.2 Å². The highest BCUT2D eigenvalue weighted by atomic mass is 79.9. The van der Waals surface area contributed by atoms with Crippen LogP contribution in [-0.4, -0.2) is 5.11 Å². The fourth-order valence-electron chi connectivity index (χ4n) is 1.52. The van der Waals surface area contributed by atoms with Gasteiger partial charge in [0.15, 0.2) is 0 Å². The van der Waals surface area contributed by atoms with Crippen LogP contribution >= 0.6 is 27.5 Å². The minimum absolute atomic E-state index is 0.397. The summed E-state index contributed by atoms with van der Waals surface area (Å²) in [5, 5.41) is 10.6. The molecule has 15 heavy (non-hydrogen) atoms. The van der Waals surface area contributed by atoms with Gasteiger partial charge in [0.25, 0.3) is 0 Å². The van der Waals surface area contributed by atoms with Crippen LogP contribution < -0.4 is 0 Å². The van der Waals surface area contributed by atoms with E-state index in [0.29, 0.717) is 5.02 Å². The molecule has 0 radical (unpaired) electrons. The number of benzene rings is 1. The Morgan fingerprint density at radius 1 is 1.33 bits per heavy atom. The molecule has 3 heteroatoms. The zero-order valence-electron chi connectivity index (χ0n) is 8.84. The Hall–Kier alpha value is -0.0500. The van der Waals surface area contributed by atoms with E-state index < -0.39 is 6.10 Å². The third kappa shape index (κ3) is 4.54. The van der Waals surface area contributed by atoms with E-state index in [2.05, 4.69) is 22.9 Å². The van der Waals surface area contributed by atoms with Crippen molar-refractivity contribution in [2.45, 2.75) is 38.7 Å². The molecule has 0 saturated carbocycles. The zero-order valence-corrected chi connectivity index (χ0v) is 11.2. The number of unbranched alkanes of at least 4 members (excludes halogenated alkanes) is 2. The van der Waals surface area contributed by atoms with E-state index >= 15 is 0 Å². The van der Waals surface area contributed by atoms with Crippen LogP contribution in [0.15, 0.2) is 22.7 Å². The molecule has 0 aliphatic carbocycles. The molecule has 0 aromatic heterocycles. The van der Waals surface area contributed by atoms with Crippen LogP contribution in [-0.2, 0) is 0 Å². The van der Waals surface area contributed by atoms with Crippen molar-refractivity contribution >= 4 is 27.5 Å². The van der Waals surface area contributed by atoms with Gasteiger partial charge in [-0.2, -0.15) is 0 Å². The summed E-state index contributed by atoms with van der Waals surface area (Å²) in [6.07, 6.45) is 3.80. The summed E-state index contributed by atoms with van der Waals surface area (Å²) in [4.78, 5) is 0. The first-order chi connectivity index (χ1) is 7.13. The molecule has 84 valence electrons. The highest BCUT2D eigenvalue weighted by Gasteiger charge is 2.08. The van der Waals surface area contributed by atoms with Crippen molar-refractivity contribution in [2.24, 2.45) is 0 Å². The van der Waals surface area contributed by atoms with Gasteiger partial charge in [-0.3, -0.25) is 0 Å². The third-order valence-corrected chi connectivity index (χ3v) is 3.03. The Bertz CT molecular complexity index is 294. The highest BCUT2D eigenvalue weighted by molar-refractivity contribution is 9.10. The maximum absolute atomic E-state index is 9.92. The van der Waals surface area contributed by atoms with Crippen molar-refractivity contribution in [3.05, 3.63) is 33.3 Å². The summed E-state index contributed by atoms with van der Waals surface area (Å²) < 4.78 is 0.916. The molecule has 0 aliphatic heterocycles. The van der Waals surface area contributed by atoms with Gasteiger partial charge in [0.1, 0.15) is 0 Å². The van der Waals surface area contributed by atoms with E-state index in [-0.39, 0.29) is 0 Å². The molecular formula is C12H16BrClO. The summed E-state index contributed by atoms with van der Waals surface area (Å²) in [6, 6.07) is 5.56. The maximum atomic E-state index is 9.92. The van der Waals surface area contributed by atoms with Crippen LogP contribution in [0.5, 0.6) is 0 Å². The monoisotopic (exact) mass is 290 g/mol. The van der Waals surface area contributed by atoms with Gasteiger partial charge in [-0.25, -0.2) is 0 Å². The van der Waals surface area contributed by atoms with E-state index in [1.54, 1.807) is 0 Å². The molecule has 0 heterocycles. The first kappa shape index (κ1) is 13.0. The number of hydrogen-bond donors (Lipinski definition) is 1. The first-order valence-corrected chi connectivity index (χ1v) is 6.44. The molecule has 1 unspecified atom stereocenters. The Morgan fingerprint density at radius 2 is 2.07 bits per heavy atom. The molecule has 0 amide bonds. The van der Waals surface area contributed by atoms with Gasteiger partial charge in [0.2, 0.25) is 0 Å². The van der Waals surface area contributed by atoms with Crippen molar-refractivity contribution in [2.75, 3.05) is 0 Å². The average molecular weight is 292 g/mol. The molecule has 0 fully saturated rings. The van der Waals surface area contributed by atoms with E-state index in [0.717, 1.165) is 22.9 Å². The van der Waals surface area contributed by atoms with Gasteiger partial charge >= 0.3 is 0 Å². The second-order valence-corrected chi connectivity index (χ2v) is 5.07. The predicted molar refractivity (Wildman–Crippen MR) is 68.3 cm³/mol. The van der Waals surface area contributed by atoms with Crippen molar-refractivity contribution in [3.63, 3.8) is 0 Å². The molecule has 1 rings (SSSR count). The standard InChI is InChI=1S/C12H16BrClO/c1-2-3-4-5-12(15)9-6-10(13)8-11(14)7-9/h6-8,12,15H,2-5H2,1H3. The number of hydrogen-bond acceptors (Lipinski definition) is 1. The van der Waals surface area contributed by atoms with E-state index in [1.807, 2.05) is 18.2 Å². The lowest BCUT2D eigenvalue weighted by molar-refractivity contribution is 0.163. The highest BCUT2D eigenvalue weighted by Crippen LogP contribution is 2.26. The van der Waals surface area contributed by atoms with Crippen LogP contribution in [0.3, 0.4) is 0 Å². The van der Waals surface area contributed by atoms with Gasteiger partial charge in [0, 0.05) is 9.50 Å². The quantitative estimate of drug-likeness (QED) is 0.779. The first-order valence-electron chi connectivity index (χ1n) is 5.27. The lowest BCUT2D eigenvalue weighted by Gasteiger charge is -2.11. The number of halogens is 2. The van der Waals surface area contributed by atoms with Gasteiger partial charge in [-0.1, -0.05) is 53.7 Å². The van der Waals surface area contributed by atoms with Crippen molar-refractivity contribution in [1.82, 2.24) is 0 Å². The van der Waals surface area contributed by atoms with Crippen LogP contribution in [0.4, 0.5) is 0 Å². The summed E-state index contributed by atoms with van der Waals surface area (Å²) in [5.74, 6) is 0. The molecule has 1 N–H and O–H groups in total. The van der Waals surface area contributed by atoms with Crippen molar-refractivity contribution < 1.29 is 5.11 Å². The van der Waals surface area contributed by atoms with Gasteiger partial charge < -0.3 is 5.11 Å². The Morgan fingerprint density at radius 3 is 2.67 bits per heavy atom. The second kappa shape index (κ2) is 6.51. The Labute approximate surface area is 105 Å². The lowest BCUT2D eigenvalue weighted by Crippen LogP contribution is -1.97. The average Bonchev–Trinajstić information content (AvgIpc) is 2.16. The van der Waals surface area contributed by atoms with Crippen LogP contribution in [0.1, 0.15) is 44.3 Å². The minimum atomic E-state index is -0.397. The SMILES string of the molecule is CCCCCC(O)c1cc(Cl)cc(Br)c1. The molecular weight excluding hydrogens is 275 g/mol. The Balaban J connectivity index is 2.60.